The van der Waals surface area contributed by atoms with Gasteiger partial charge in [-0.1, -0.05) is 41.1 Å². The molecular weight excluding hydrogens is 256 g/mol. The summed E-state index contributed by atoms with van der Waals surface area (Å²) >= 11 is 3.42. The number of carbonyl (C=O) groups is 1. The highest BCUT2D eigenvalue weighted by molar-refractivity contribution is 9.10. The first-order valence-corrected chi connectivity index (χ1v) is 5.61. The fraction of sp³-hybridized carbons (Fsp3) is 0.364. The van der Waals surface area contributed by atoms with Crippen LogP contribution in [0.15, 0.2) is 28.7 Å². The van der Waals surface area contributed by atoms with Gasteiger partial charge in [-0.3, -0.25) is 4.79 Å². The molecule has 0 spiro atoms. The van der Waals surface area contributed by atoms with Gasteiger partial charge in [0.1, 0.15) is 5.54 Å². The van der Waals surface area contributed by atoms with Crippen molar-refractivity contribution in [2.24, 2.45) is 5.73 Å². The van der Waals surface area contributed by atoms with Crippen LogP contribution < -0.4 is 11.1 Å². The van der Waals surface area contributed by atoms with E-state index in [0.29, 0.717) is 6.54 Å². The first-order valence-electron chi connectivity index (χ1n) is 4.82. The molecule has 0 aliphatic rings. The van der Waals surface area contributed by atoms with Gasteiger partial charge in [0.15, 0.2) is 0 Å². The molecule has 0 saturated heterocycles. The molecule has 82 valence electrons. The van der Waals surface area contributed by atoms with E-state index in [4.69, 9.17) is 5.73 Å². The third-order valence-corrected chi connectivity index (χ3v) is 3.13. The number of carbonyl (C=O) groups excluding carboxylic acids is 1. The minimum absolute atomic E-state index is 0.378. The zero-order valence-electron chi connectivity index (χ0n) is 8.88. The maximum absolute atomic E-state index is 11.5. The van der Waals surface area contributed by atoms with Crippen molar-refractivity contribution < 1.29 is 4.79 Å². The number of nitrogens with two attached hydrogens (primary N) is 1. The molecule has 1 amide bonds. The number of halogens is 1. The predicted molar refractivity (Wildman–Crippen MR) is 64.4 cm³/mol. The molecule has 0 heterocycles. The second-order valence-corrected chi connectivity index (χ2v) is 4.35. The van der Waals surface area contributed by atoms with Crippen LogP contribution in [0.2, 0.25) is 0 Å². The fourth-order valence-corrected chi connectivity index (χ4v) is 2.22. The summed E-state index contributed by atoms with van der Waals surface area (Å²) in [5.41, 5.74) is 5.47. The standard InChI is InChI=1S/C11H15BrN2O/c1-3-14-11(2,10(13)15)8-6-4-5-7-9(8)12/h4-7,14H,3H2,1-2H3,(H2,13,15). The van der Waals surface area contributed by atoms with Crippen molar-refractivity contribution in [1.82, 2.24) is 5.32 Å². The van der Waals surface area contributed by atoms with Crippen LogP contribution in [-0.4, -0.2) is 12.5 Å². The lowest BCUT2D eigenvalue weighted by molar-refractivity contribution is -0.124. The number of amides is 1. The second-order valence-electron chi connectivity index (χ2n) is 3.50. The summed E-state index contributed by atoms with van der Waals surface area (Å²) in [7, 11) is 0. The Morgan fingerprint density at radius 2 is 2.13 bits per heavy atom. The Kier molecular flexibility index (Phi) is 3.88. The topological polar surface area (TPSA) is 55.1 Å². The van der Waals surface area contributed by atoms with Crippen LogP contribution in [0.25, 0.3) is 0 Å². The third kappa shape index (κ3) is 2.38. The molecule has 1 atom stereocenters. The molecule has 0 fully saturated rings. The number of primary amides is 1. The molecule has 4 heteroatoms. The van der Waals surface area contributed by atoms with E-state index in [-0.39, 0.29) is 5.91 Å². The van der Waals surface area contributed by atoms with Crippen molar-refractivity contribution in [2.45, 2.75) is 19.4 Å². The first-order chi connectivity index (χ1) is 7.02. The maximum Gasteiger partial charge on any atom is 0.242 e. The van der Waals surface area contributed by atoms with Crippen LogP contribution in [-0.2, 0) is 10.3 Å². The highest BCUT2D eigenvalue weighted by atomic mass is 79.9. The summed E-state index contributed by atoms with van der Waals surface area (Å²) < 4.78 is 0.882. The Morgan fingerprint density at radius 3 is 2.60 bits per heavy atom. The smallest absolute Gasteiger partial charge is 0.242 e. The number of rotatable bonds is 4. The number of likely N-dealkylation sites (N-methyl/N-ethyl adjacent to an activating group) is 1. The maximum atomic E-state index is 11.5. The summed E-state index contributed by atoms with van der Waals surface area (Å²) in [4.78, 5) is 11.5. The summed E-state index contributed by atoms with van der Waals surface area (Å²) in [6.45, 7) is 4.41. The Hall–Kier alpha value is -0.870. The zero-order chi connectivity index (χ0) is 11.5. The SMILES string of the molecule is CCNC(C)(C(N)=O)c1ccccc1Br. The summed E-state index contributed by atoms with van der Waals surface area (Å²) in [6.07, 6.45) is 0. The minimum atomic E-state index is -0.825. The predicted octanol–water partition coefficient (Wildman–Crippen LogP) is 1.76. The second kappa shape index (κ2) is 4.77. The average Bonchev–Trinajstić information content (AvgIpc) is 2.18. The molecule has 3 nitrogen and oxygen atoms in total. The molecule has 1 rings (SSSR count). The van der Waals surface area contributed by atoms with Gasteiger partial charge >= 0.3 is 0 Å². The van der Waals surface area contributed by atoms with E-state index in [1.165, 1.54) is 0 Å². The molecule has 0 radical (unpaired) electrons. The summed E-state index contributed by atoms with van der Waals surface area (Å²) in [5, 5.41) is 3.11. The van der Waals surface area contributed by atoms with Crippen LogP contribution in [0.1, 0.15) is 19.4 Å². The van der Waals surface area contributed by atoms with Crippen molar-refractivity contribution in [1.29, 1.82) is 0 Å². The molecule has 1 unspecified atom stereocenters. The number of hydrogen-bond acceptors (Lipinski definition) is 2. The Balaban J connectivity index is 3.21. The van der Waals surface area contributed by atoms with E-state index in [0.717, 1.165) is 10.0 Å². The number of benzene rings is 1. The third-order valence-electron chi connectivity index (χ3n) is 2.44. The molecular formula is C11H15BrN2O. The van der Waals surface area contributed by atoms with Crippen molar-refractivity contribution in [2.75, 3.05) is 6.54 Å². The normalized spacial score (nSPS) is 14.6. The van der Waals surface area contributed by atoms with E-state index < -0.39 is 5.54 Å². The Morgan fingerprint density at radius 1 is 1.53 bits per heavy atom. The molecule has 1 aromatic carbocycles. The van der Waals surface area contributed by atoms with Crippen molar-refractivity contribution >= 4 is 21.8 Å². The highest BCUT2D eigenvalue weighted by Gasteiger charge is 2.33. The molecule has 15 heavy (non-hydrogen) atoms. The van der Waals surface area contributed by atoms with Crippen molar-refractivity contribution in [3.63, 3.8) is 0 Å². The average molecular weight is 271 g/mol. The van der Waals surface area contributed by atoms with Gasteiger partial charge in [0.2, 0.25) is 5.91 Å². The van der Waals surface area contributed by atoms with Gasteiger partial charge in [-0.15, -0.1) is 0 Å². The Bertz CT molecular complexity index is 367. The molecule has 1 aromatic rings. The lowest BCUT2D eigenvalue weighted by atomic mass is 9.91. The molecule has 0 aliphatic heterocycles. The quantitative estimate of drug-likeness (QED) is 0.876. The number of nitrogens with one attached hydrogen (secondary N) is 1. The molecule has 0 aromatic heterocycles. The molecule has 0 bridgehead atoms. The van der Waals surface area contributed by atoms with Crippen LogP contribution in [0.3, 0.4) is 0 Å². The van der Waals surface area contributed by atoms with Gasteiger partial charge in [-0.05, 0) is 25.1 Å². The van der Waals surface area contributed by atoms with E-state index in [1.54, 1.807) is 6.92 Å². The molecule has 0 saturated carbocycles. The summed E-state index contributed by atoms with van der Waals surface area (Å²) in [6, 6.07) is 7.57. The van der Waals surface area contributed by atoms with Crippen LogP contribution >= 0.6 is 15.9 Å². The summed E-state index contributed by atoms with van der Waals surface area (Å²) in [5.74, 6) is -0.378. The monoisotopic (exact) mass is 270 g/mol. The van der Waals surface area contributed by atoms with Crippen molar-refractivity contribution in [3.8, 4) is 0 Å². The first kappa shape index (κ1) is 12.2. The van der Waals surface area contributed by atoms with E-state index in [1.807, 2.05) is 31.2 Å². The zero-order valence-corrected chi connectivity index (χ0v) is 10.5. The fourth-order valence-electron chi connectivity index (χ4n) is 1.54. The van der Waals surface area contributed by atoms with Gasteiger partial charge in [0.05, 0.1) is 0 Å². The van der Waals surface area contributed by atoms with Crippen LogP contribution in [0, 0.1) is 0 Å². The van der Waals surface area contributed by atoms with Crippen molar-refractivity contribution in [3.05, 3.63) is 34.3 Å². The van der Waals surface area contributed by atoms with Gasteiger partial charge in [-0.2, -0.15) is 0 Å². The van der Waals surface area contributed by atoms with Gasteiger partial charge < -0.3 is 11.1 Å². The highest BCUT2D eigenvalue weighted by Crippen LogP contribution is 2.27. The molecule has 0 aliphatic carbocycles. The van der Waals surface area contributed by atoms with E-state index in [2.05, 4.69) is 21.2 Å². The van der Waals surface area contributed by atoms with E-state index >= 15 is 0 Å². The lowest BCUT2D eigenvalue weighted by Crippen LogP contribution is -2.50. The van der Waals surface area contributed by atoms with Gasteiger partial charge in [0, 0.05) is 4.47 Å². The van der Waals surface area contributed by atoms with Crippen LogP contribution in [0.4, 0.5) is 0 Å². The largest absolute Gasteiger partial charge is 0.368 e. The molecule has 3 N–H and O–H groups in total. The minimum Gasteiger partial charge on any atom is -0.368 e. The lowest BCUT2D eigenvalue weighted by Gasteiger charge is -2.28. The van der Waals surface area contributed by atoms with E-state index in [9.17, 15) is 4.79 Å². The van der Waals surface area contributed by atoms with Gasteiger partial charge in [0.25, 0.3) is 0 Å². The Labute approximate surface area is 98.2 Å². The number of hydrogen-bond donors (Lipinski definition) is 2. The van der Waals surface area contributed by atoms with Gasteiger partial charge in [-0.25, -0.2) is 0 Å². The van der Waals surface area contributed by atoms with Crippen LogP contribution in [0.5, 0.6) is 0 Å².